The van der Waals surface area contributed by atoms with Crippen LogP contribution in [0.3, 0.4) is 0 Å². The molecule has 4 nitrogen and oxygen atoms in total. The lowest BCUT2D eigenvalue weighted by atomic mass is 10.1. The molecule has 0 fully saturated rings. The fourth-order valence-electron chi connectivity index (χ4n) is 2.15. The second-order valence-electron chi connectivity index (χ2n) is 4.64. The molecule has 3 aromatic carbocycles. The van der Waals surface area contributed by atoms with Crippen LogP contribution in [0.2, 0.25) is 0 Å². The number of aromatic hydroxyl groups is 1. The number of benzene rings is 3. The minimum absolute atomic E-state index is 0.141. The fraction of sp³-hybridized carbons (Fsp3) is 0. The van der Waals surface area contributed by atoms with Gasteiger partial charge < -0.3 is 5.11 Å². The molecule has 106 valence electrons. The van der Waals surface area contributed by atoms with Gasteiger partial charge in [-0.3, -0.25) is 4.72 Å². The zero-order valence-corrected chi connectivity index (χ0v) is 11.8. The normalized spacial score (nSPS) is 11.4. The summed E-state index contributed by atoms with van der Waals surface area (Å²) in [5.74, 6) is -0.272. The van der Waals surface area contributed by atoms with Gasteiger partial charge in [0.05, 0.1) is 0 Å². The molecule has 0 amide bonds. The van der Waals surface area contributed by atoms with E-state index in [1.165, 1.54) is 12.1 Å². The highest BCUT2D eigenvalue weighted by Crippen LogP contribution is 2.25. The Hall–Kier alpha value is -2.53. The van der Waals surface area contributed by atoms with E-state index < -0.39 is 10.0 Å². The van der Waals surface area contributed by atoms with Crippen molar-refractivity contribution >= 4 is 26.5 Å². The van der Waals surface area contributed by atoms with Crippen molar-refractivity contribution in [2.24, 2.45) is 0 Å². The number of nitrogens with one attached hydrogen (secondary N) is 1. The van der Waals surface area contributed by atoms with Crippen LogP contribution in [0.15, 0.2) is 71.6 Å². The lowest BCUT2D eigenvalue weighted by Gasteiger charge is -2.10. The van der Waals surface area contributed by atoms with E-state index in [9.17, 15) is 13.5 Å². The standard InChI is InChI=1S/C16H13NO3S/c18-15-7-3-4-8-16(15)21(19,20)17-14-10-9-12-5-1-2-6-13(12)11-14/h1-11,17-18H. The molecular formula is C16H13NO3S. The highest BCUT2D eigenvalue weighted by molar-refractivity contribution is 7.92. The van der Waals surface area contributed by atoms with Crippen molar-refractivity contribution < 1.29 is 13.5 Å². The van der Waals surface area contributed by atoms with Crippen molar-refractivity contribution in [3.05, 3.63) is 66.7 Å². The smallest absolute Gasteiger partial charge is 0.265 e. The summed E-state index contributed by atoms with van der Waals surface area (Å²) in [6.45, 7) is 0. The van der Waals surface area contributed by atoms with Gasteiger partial charge in [-0.15, -0.1) is 0 Å². The van der Waals surface area contributed by atoms with Gasteiger partial charge >= 0.3 is 0 Å². The summed E-state index contributed by atoms with van der Waals surface area (Å²) in [5.41, 5.74) is 0.456. The topological polar surface area (TPSA) is 66.4 Å². The Morgan fingerprint density at radius 2 is 1.48 bits per heavy atom. The molecule has 0 saturated carbocycles. The number of anilines is 1. The van der Waals surface area contributed by atoms with Crippen molar-refractivity contribution in [1.82, 2.24) is 0 Å². The van der Waals surface area contributed by atoms with E-state index in [1.807, 2.05) is 30.3 Å². The number of fused-ring (bicyclic) bond motifs is 1. The van der Waals surface area contributed by atoms with Crippen molar-refractivity contribution in [3.63, 3.8) is 0 Å². The van der Waals surface area contributed by atoms with E-state index in [2.05, 4.69) is 4.72 Å². The molecule has 2 N–H and O–H groups in total. The summed E-state index contributed by atoms with van der Waals surface area (Å²) in [4.78, 5) is -0.141. The SMILES string of the molecule is O=S(=O)(Nc1ccc2ccccc2c1)c1ccccc1O. The minimum Gasteiger partial charge on any atom is -0.507 e. The van der Waals surface area contributed by atoms with E-state index in [4.69, 9.17) is 0 Å². The Bertz CT molecular complexity index is 904. The van der Waals surface area contributed by atoms with Gasteiger partial charge in [0.2, 0.25) is 0 Å². The second-order valence-corrected chi connectivity index (χ2v) is 6.29. The zero-order valence-electron chi connectivity index (χ0n) is 11.0. The molecule has 0 radical (unpaired) electrons. The van der Waals surface area contributed by atoms with Gasteiger partial charge in [0, 0.05) is 5.69 Å². The van der Waals surface area contributed by atoms with E-state index in [0.717, 1.165) is 10.8 Å². The van der Waals surface area contributed by atoms with E-state index in [-0.39, 0.29) is 10.6 Å². The Labute approximate surface area is 122 Å². The van der Waals surface area contributed by atoms with Gasteiger partial charge in [-0.2, -0.15) is 0 Å². The van der Waals surface area contributed by atoms with Gasteiger partial charge in [0.15, 0.2) is 0 Å². The summed E-state index contributed by atoms with van der Waals surface area (Å²) in [7, 11) is -3.81. The average Bonchev–Trinajstić information content (AvgIpc) is 2.47. The maximum Gasteiger partial charge on any atom is 0.265 e. The third-order valence-corrected chi connectivity index (χ3v) is 4.59. The van der Waals surface area contributed by atoms with Crippen LogP contribution >= 0.6 is 0 Å². The zero-order chi connectivity index (χ0) is 14.9. The Kier molecular flexibility index (Phi) is 3.27. The quantitative estimate of drug-likeness (QED) is 0.779. The first-order valence-corrected chi connectivity index (χ1v) is 7.84. The summed E-state index contributed by atoms with van der Waals surface area (Å²) in [5, 5.41) is 11.6. The fourth-order valence-corrected chi connectivity index (χ4v) is 3.30. The van der Waals surface area contributed by atoms with Crippen molar-refractivity contribution in [2.75, 3.05) is 4.72 Å². The molecule has 0 saturated heterocycles. The second kappa shape index (κ2) is 5.10. The molecule has 3 rings (SSSR count). The largest absolute Gasteiger partial charge is 0.507 e. The van der Waals surface area contributed by atoms with Crippen molar-refractivity contribution in [3.8, 4) is 5.75 Å². The molecule has 0 atom stereocenters. The summed E-state index contributed by atoms with van der Waals surface area (Å²) < 4.78 is 27.1. The molecule has 0 unspecified atom stereocenters. The molecule has 3 aromatic rings. The molecule has 5 heteroatoms. The van der Waals surface area contributed by atoms with Crippen LogP contribution in [0, 0.1) is 0 Å². The third kappa shape index (κ3) is 2.68. The Morgan fingerprint density at radius 1 is 0.810 bits per heavy atom. The molecule has 0 aliphatic carbocycles. The van der Waals surface area contributed by atoms with E-state index in [0.29, 0.717) is 5.69 Å². The van der Waals surface area contributed by atoms with Crippen LogP contribution < -0.4 is 4.72 Å². The molecular weight excluding hydrogens is 286 g/mol. The molecule has 0 aliphatic heterocycles. The minimum atomic E-state index is -3.81. The summed E-state index contributed by atoms with van der Waals surface area (Å²) in [6.07, 6.45) is 0. The molecule has 0 heterocycles. The van der Waals surface area contributed by atoms with Crippen molar-refractivity contribution in [2.45, 2.75) is 4.90 Å². The first kappa shape index (κ1) is 13.5. The number of rotatable bonds is 3. The van der Waals surface area contributed by atoms with Gasteiger partial charge in [0.1, 0.15) is 10.6 Å². The van der Waals surface area contributed by atoms with Crippen LogP contribution in [0.1, 0.15) is 0 Å². The number of para-hydroxylation sites is 1. The monoisotopic (exact) mass is 299 g/mol. The molecule has 0 aliphatic rings. The van der Waals surface area contributed by atoms with Gasteiger partial charge in [-0.25, -0.2) is 8.42 Å². The Balaban J connectivity index is 1.99. The van der Waals surface area contributed by atoms with E-state index >= 15 is 0 Å². The lowest BCUT2D eigenvalue weighted by Crippen LogP contribution is -2.12. The van der Waals surface area contributed by atoms with Crippen LogP contribution in [0.5, 0.6) is 5.75 Å². The molecule has 0 bridgehead atoms. The van der Waals surface area contributed by atoms with Gasteiger partial charge in [-0.1, -0.05) is 42.5 Å². The summed E-state index contributed by atoms with van der Waals surface area (Å²) >= 11 is 0. The predicted molar refractivity (Wildman–Crippen MR) is 82.9 cm³/mol. The number of hydrogen-bond donors (Lipinski definition) is 2. The van der Waals surface area contributed by atoms with Gasteiger partial charge in [-0.05, 0) is 35.0 Å². The molecule has 0 aromatic heterocycles. The van der Waals surface area contributed by atoms with Crippen LogP contribution in [0.25, 0.3) is 10.8 Å². The summed E-state index contributed by atoms with van der Waals surface area (Å²) in [6, 6.07) is 18.8. The van der Waals surface area contributed by atoms with Crippen LogP contribution in [-0.4, -0.2) is 13.5 Å². The van der Waals surface area contributed by atoms with Crippen LogP contribution in [-0.2, 0) is 10.0 Å². The first-order chi connectivity index (χ1) is 10.1. The predicted octanol–water partition coefficient (Wildman–Crippen LogP) is 3.35. The lowest BCUT2D eigenvalue weighted by molar-refractivity contribution is 0.459. The first-order valence-electron chi connectivity index (χ1n) is 6.36. The van der Waals surface area contributed by atoms with Crippen LogP contribution in [0.4, 0.5) is 5.69 Å². The maximum absolute atomic E-state index is 12.3. The average molecular weight is 299 g/mol. The maximum atomic E-state index is 12.3. The Morgan fingerprint density at radius 3 is 2.24 bits per heavy atom. The number of hydrogen-bond acceptors (Lipinski definition) is 3. The van der Waals surface area contributed by atoms with Gasteiger partial charge in [0.25, 0.3) is 10.0 Å². The third-order valence-electron chi connectivity index (χ3n) is 3.16. The van der Waals surface area contributed by atoms with E-state index in [1.54, 1.807) is 24.3 Å². The highest BCUT2D eigenvalue weighted by Gasteiger charge is 2.18. The molecule has 0 spiro atoms. The van der Waals surface area contributed by atoms with Crippen molar-refractivity contribution in [1.29, 1.82) is 0 Å². The molecule has 21 heavy (non-hydrogen) atoms. The highest BCUT2D eigenvalue weighted by atomic mass is 32.2. The number of phenolic OH excluding ortho intramolecular Hbond substituents is 1. The number of phenols is 1. The number of sulfonamides is 1.